The molecule has 0 bridgehead atoms. The van der Waals surface area contributed by atoms with Crippen LogP contribution in [0.3, 0.4) is 0 Å². The number of fused-ring (bicyclic) bond motifs is 7. The Labute approximate surface area is 475 Å². The van der Waals surface area contributed by atoms with Crippen LogP contribution in [-0.2, 0) is 32.5 Å². The van der Waals surface area contributed by atoms with E-state index >= 15 is 0 Å². The highest BCUT2D eigenvalue weighted by Gasteiger charge is 2.45. The third kappa shape index (κ3) is 8.31. The molecule has 3 heteroatoms. The van der Waals surface area contributed by atoms with Crippen molar-refractivity contribution in [3.05, 3.63) is 200 Å². The largest absolute Gasteiger partial charge is 0.355 e. The highest BCUT2D eigenvalue weighted by atomic mass is 15.2. The lowest BCUT2D eigenvalue weighted by Gasteiger charge is -2.44. The molecule has 13 rings (SSSR count). The van der Waals surface area contributed by atoms with Crippen molar-refractivity contribution in [3.63, 3.8) is 0 Å². The Hall–Kier alpha value is -6.32. The van der Waals surface area contributed by atoms with Gasteiger partial charge in [-0.15, -0.1) is 0 Å². The number of aryl methyl sites for hydroxylation is 2. The molecular formula is C76H84BN2. The first-order valence-corrected chi connectivity index (χ1v) is 30.2. The van der Waals surface area contributed by atoms with Gasteiger partial charge in [-0.3, -0.25) is 0 Å². The van der Waals surface area contributed by atoms with Crippen molar-refractivity contribution in [1.82, 2.24) is 0 Å². The number of hydrogen-bond acceptors (Lipinski definition) is 2. The molecule has 401 valence electrons. The van der Waals surface area contributed by atoms with E-state index in [1.165, 1.54) is 161 Å². The molecule has 2 nitrogen and oxygen atoms in total. The summed E-state index contributed by atoms with van der Waals surface area (Å²) in [5.74, 6) is 0.524. The van der Waals surface area contributed by atoms with Crippen LogP contribution in [0.4, 0.5) is 22.7 Å². The number of rotatable bonds is 6. The molecule has 1 unspecified atom stereocenters. The van der Waals surface area contributed by atoms with Crippen LogP contribution >= 0.6 is 0 Å². The van der Waals surface area contributed by atoms with Crippen molar-refractivity contribution in [3.8, 4) is 33.4 Å². The van der Waals surface area contributed by atoms with Gasteiger partial charge in [0, 0.05) is 39.4 Å². The lowest BCUT2D eigenvalue weighted by atomic mass is 9.54. The van der Waals surface area contributed by atoms with Gasteiger partial charge in [0.15, 0.2) is 7.28 Å². The van der Waals surface area contributed by atoms with E-state index in [4.69, 9.17) is 0 Å². The van der Waals surface area contributed by atoms with Crippen LogP contribution in [0.1, 0.15) is 208 Å². The average molecular weight is 1040 g/mol. The summed E-state index contributed by atoms with van der Waals surface area (Å²) in [6.07, 6.45) is 11.7. The van der Waals surface area contributed by atoms with Crippen LogP contribution in [0, 0.1) is 13.8 Å². The summed E-state index contributed by atoms with van der Waals surface area (Å²) < 4.78 is 0. The number of anilines is 4. The van der Waals surface area contributed by atoms with E-state index in [2.05, 4.69) is 249 Å². The SMILES string of the molecule is Cc1ccc(-c2cc(-c3c(Nc4ccc5c(c4)C(C)(C)CCC5(C)C)ccc4c3C(C)(C)c3cc5c(cc3-4)C(C)CCC5(C)C)c3c(c2)N(c2cc4c(cc2C)C(C)(C)CCC4(C)C)C2=C([B]3)CCC(c3ccccc3)=C2)cc1. The third-order valence-electron chi connectivity index (χ3n) is 21.0. The second kappa shape index (κ2) is 17.8. The van der Waals surface area contributed by atoms with Crippen LogP contribution in [0.25, 0.3) is 39.0 Å². The Balaban J connectivity index is 1.12. The fraction of sp³-hybridized carbons (Fsp3) is 0.395. The van der Waals surface area contributed by atoms with E-state index < -0.39 is 0 Å². The predicted octanol–water partition coefficient (Wildman–Crippen LogP) is 20.1. The minimum absolute atomic E-state index is 0.0431. The standard InChI is InChI=1S/C76H84BN2/c1-45-21-23-49(24-22-45)51-38-56(70-67(40-51)79(66-39-50(25-29-63(66)77-70)48-19-17-16-18-20-48)65-44-62-60(37-47(65)3)73(8,9)35-36-75(62,12)13)68-64(78-52-26-28-57-61(41-52)74(10,11)34-33-72(57,6)7)30-27-53-55-42-54-46(2)31-32-71(4,5)58(54)43-59(55)76(14,15)69(53)68/h16-24,26-28,30,37-44,46,78H,25,29,31-36H2,1-15H3. The van der Waals surface area contributed by atoms with E-state index in [9.17, 15) is 0 Å². The van der Waals surface area contributed by atoms with Crippen molar-refractivity contribution in [2.24, 2.45) is 0 Å². The summed E-state index contributed by atoms with van der Waals surface area (Å²) >= 11 is 0. The van der Waals surface area contributed by atoms with Crippen molar-refractivity contribution in [1.29, 1.82) is 0 Å². The number of allylic oxidation sites excluding steroid dienone is 3. The summed E-state index contributed by atoms with van der Waals surface area (Å²) in [7, 11) is 2.62. The van der Waals surface area contributed by atoms with E-state index in [-0.39, 0.29) is 32.5 Å². The summed E-state index contributed by atoms with van der Waals surface area (Å²) in [6, 6.07) is 48.3. The zero-order chi connectivity index (χ0) is 55.5. The van der Waals surface area contributed by atoms with E-state index in [1.54, 1.807) is 5.56 Å². The lowest BCUT2D eigenvalue weighted by Crippen LogP contribution is -2.38. The van der Waals surface area contributed by atoms with Gasteiger partial charge in [-0.25, -0.2) is 0 Å². The minimum Gasteiger partial charge on any atom is -0.355 e. The smallest absolute Gasteiger partial charge is 0.192 e. The monoisotopic (exact) mass is 1040 g/mol. The van der Waals surface area contributed by atoms with Crippen LogP contribution in [-0.4, -0.2) is 7.28 Å². The van der Waals surface area contributed by atoms with E-state index in [0.29, 0.717) is 5.92 Å². The first kappa shape index (κ1) is 52.1. The zero-order valence-corrected chi connectivity index (χ0v) is 50.4. The van der Waals surface area contributed by atoms with Gasteiger partial charge in [0.2, 0.25) is 0 Å². The Kier molecular flexibility index (Phi) is 11.8. The molecule has 1 atom stereocenters. The average Bonchev–Trinajstić information content (AvgIpc) is 3.88. The van der Waals surface area contributed by atoms with Crippen molar-refractivity contribution in [2.75, 3.05) is 10.2 Å². The Morgan fingerprint density at radius 1 is 0.506 bits per heavy atom. The summed E-state index contributed by atoms with van der Waals surface area (Å²) in [5.41, 5.74) is 34.1. The second-order valence-electron chi connectivity index (χ2n) is 29.2. The maximum Gasteiger partial charge on any atom is 0.192 e. The van der Waals surface area contributed by atoms with Crippen molar-refractivity contribution >= 4 is 41.1 Å². The van der Waals surface area contributed by atoms with Gasteiger partial charge >= 0.3 is 0 Å². The van der Waals surface area contributed by atoms with E-state index in [1.807, 2.05) is 0 Å². The predicted molar refractivity (Wildman–Crippen MR) is 340 cm³/mol. The molecule has 1 N–H and O–H groups in total. The van der Waals surface area contributed by atoms with Gasteiger partial charge in [-0.1, -0.05) is 191 Å². The molecule has 0 fully saturated rings. The van der Waals surface area contributed by atoms with Gasteiger partial charge in [0.05, 0.1) is 0 Å². The highest BCUT2D eigenvalue weighted by molar-refractivity contribution is 6.66. The molecule has 1 radical (unpaired) electrons. The quantitative estimate of drug-likeness (QED) is 0.167. The highest BCUT2D eigenvalue weighted by Crippen LogP contribution is 2.59. The second-order valence-corrected chi connectivity index (χ2v) is 29.2. The van der Waals surface area contributed by atoms with Crippen LogP contribution in [0.5, 0.6) is 0 Å². The Morgan fingerprint density at radius 3 is 1.85 bits per heavy atom. The fourth-order valence-corrected chi connectivity index (χ4v) is 15.6. The van der Waals surface area contributed by atoms with Crippen LogP contribution in [0.2, 0.25) is 0 Å². The molecule has 0 saturated heterocycles. The molecule has 0 spiro atoms. The maximum atomic E-state index is 4.26. The van der Waals surface area contributed by atoms with Gasteiger partial charge < -0.3 is 10.2 Å². The van der Waals surface area contributed by atoms with Crippen LogP contribution in [0.15, 0.2) is 139 Å². The summed E-state index contributed by atoms with van der Waals surface area (Å²) in [6.45, 7) is 36.8. The first-order valence-electron chi connectivity index (χ1n) is 30.2. The van der Waals surface area contributed by atoms with Crippen molar-refractivity contribution < 1.29 is 0 Å². The number of nitrogens with zero attached hydrogens (tertiary/aromatic N) is 1. The molecule has 79 heavy (non-hydrogen) atoms. The third-order valence-corrected chi connectivity index (χ3v) is 21.0. The Bertz CT molecular complexity index is 3760. The molecule has 0 saturated carbocycles. The summed E-state index contributed by atoms with van der Waals surface area (Å²) in [5, 5.41) is 4.26. The number of nitrogens with one attached hydrogen (secondary N) is 1. The number of hydrogen-bond donors (Lipinski definition) is 1. The van der Waals surface area contributed by atoms with Gasteiger partial charge in [0.25, 0.3) is 0 Å². The molecule has 1 aliphatic heterocycles. The van der Waals surface area contributed by atoms with Crippen LogP contribution < -0.4 is 15.7 Å². The molecule has 6 aliphatic rings. The fourth-order valence-electron chi connectivity index (χ4n) is 15.6. The molecule has 0 amide bonds. The minimum atomic E-state index is -0.303. The number of benzene rings is 7. The van der Waals surface area contributed by atoms with Gasteiger partial charge in [-0.2, -0.15) is 0 Å². The molecular weight excluding hydrogens is 952 g/mol. The normalized spacial score (nSPS) is 21.0. The lowest BCUT2D eigenvalue weighted by molar-refractivity contribution is 0.332. The molecule has 7 aromatic rings. The first-order chi connectivity index (χ1) is 37.3. The van der Waals surface area contributed by atoms with Gasteiger partial charge in [0.1, 0.15) is 0 Å². The Morgan fingerprint density at radius 2 is 1.15 bits per heavy atom. The molecule has 1 heterocycles. The molecule has 5 aliphatic carbocycles. The van der Waals surface area contributed by atoms with E-state index in [0.717, 1.165) is 24.2 Å². The summed E-state index contributed by atoms with van der Waals surface area (Å²) in [4.78, 5) is 2.72. The molecule has 7 aromatic carbocycles. The topological polar surface area (TPSA) is 15.3 Å². The zero-order valence-electron chi connectivity index (χ0n) is 50.4. The van der Waals surface area contributed by atoms with Gasteiger partial charge in [-0.05, 0) is 230 Å². The maximum absolute atomic E-state index is 4.26. The van der Waals surface area contributed by atoms with Crippen molar-refractivity contribution in [2.45, 2.75) is 194 Å². The molecule has 0 aromatic heterocycles.